The van der Waals surface area contributed by atoms with Gasteiger partial charge in [0, 0.05) is 10.7 Å². The Labute approximate surface area is 136 Å². The molecule has 2 aromatic rings. The van der Waals surface area contributed by atoms with E-state index in [0.717, 1.165) is 17.7 Å². The van der Waals surface area contributed by atoms with E-state index in [2.05, 4.69) is 5.32 Å². The topological polar surface area (TPSA) is 38.3 Å². The van der Waals surface area contributed by atoms with E-state index in [0.29, 0.717) is 10.6 Å². The molecule has 7 heteroatoms. The fraction of sp³-hybridized carbons (Fsp3) is 0.188. The highest BCUT2D eigenvalue weighted by molar-refractivity contribution is 6.31. The van der Waals surface area contributed by atoms with Crippen LogP contribution in [0, 0.1) is 13.8 Å². The average Bonchev–Trinajstić information content (AvgIpc) is 2.44. The van der Waals surface area contributed by atoms with E-state index in [1.807, 2.05) is 0 Å². The lowest BCUT2D eigenvalue weighted by Gasteiger charge is -2.12. The van der Waals surface area contributed by atoms with Gasteiger partial charge in [-0.2, -0.15) is 13.2 Å². The van der Waals surface area contributed by atoms with Crippen molar-refractivity contribution in [3.05, 3.63) is 58.1 Å². The van der Waals surface area contributed by atoms with Gasteiger partial charge in [0.2, 0.25) is 0 Å². The summed E-state index contributed by atoms with van der Waals surface area (Å²) in [5.74, 6) is 0.288. The molecule has 0 saturated carbocycles. The zero-order chi connectivity index (χ0) is 17.2. The summed E-state index contributed by atoms with van der Waals surface area (Å²) >= 11 is 5.95. The molecule has 0 radical (unpaired) electrons. The average molecular weight is 344 g/mol. The molecule has 23 heavy (non-hydrogen) atoms. The molecule has 0 bridgehead atoms. The molecule has 1 amide bonds. The lowest BCUT2D eigenvalue weighted by atomic mass is 10.1. The molecule has 3 nitrogen and oxygen atoms in total. The molecule has 0 aromatic heterocycles. The molecule has 1 N–H and O–H groups in total. The number of ether oxygens (including phenoxy) is 1. The van der Waals surface area contributed by atoms with Crippen molar-refractivity contribution < 1.29 is 22.7 Å². The highest BCUT2D eigenvalue weighted by Gasteiger charge is 2.30. The number of anilines is 1. The minimum atomic E-state index is -4.48. The molecule has 0 aliphatic rings. The summed E-state index contributed by atoms with van der Waals surface area (Å²) < 4.78 is 43.0. The maximum atomic E-state index is 12.6. The first-order valence-corrected chi connectivity index (χ1v) is 6.97. The van der Waals surface area contributed by atoms with Gasteiger partial charge in [0.1, 0.15) is 5.75 Å². The Kier molecular flexibility index (Phi) is 4.85. The van der Waals surface area contributed by atoms with Crippen LogP contribution in [0.15, 0.2) is 36.4 Å². The van der Waals surface area contributed by atoms with Gasteiger partial charge in [0.15, 0.2) is 0 Å². The Morgan fingerprint density at radius 1 is 1.13 bits per heavy atom. The number of rotatable bonds is 2. The molecule has 0 aliphatic heterocycles. The highest BCUT2D eigenvalue weighted by Crippen LogP contribution is 2.31. The Morgan fingerprint density at radius 2 is 1.83 bits per heavy atom. The van der Waals surface area contributed by atoms with Gasteiger partial charge < -0.3 is 4.74 Å². The summed E-state index contributed by atoms with van der Waals surface area (Å²) in [6, 6.07) is 7.53. The molecule has 0 aliphatic carbocycles. The number of alkyl halides is 3. The van der Waals surface area contributed by atoms with E-state index in [-0.39, 0.29) is 11.4 Å². The first-order chi connectivity index (χ1) is 10.7. The number of halogens is 4. The van der Waals surface area contributed by atoms with Gasteiger partial charge in [0.05, 0.1) is 5.56 Å². The lowest BCUT2D eigenvalue weighted by molar-refractivity contribution is -0.137. The Morgan fingerprint density at radius 3 is 2.48 bits per heavy atom. The van der Waals surface area contributed by atoms with Crippen LogP contribution in [0.5, 0.6) is 5.75 Å². The standard InChI is InChI=1S/C16H13ClF3NO2/c1-9-7-14(10(2)6-13(9)17)23-15(22)21-12-5-3-4-11(8-12)16(18,19)20/h3-8H,1-2H3,(H,21,22). The summed E-state index contributed by atoms with van der Waals surface area (Å²) in [6.07, 6.45) is -5.36. The maximum absolute atomic E-state index is 12.6. The third-order valence-corrected chi connectivity index (χ3v) is 3.50. The highest BCUT2D eigenvalue weighted by atomic mass is 35.5. The number of aryl methyl sites for hydroxylation is 2. The fourth-order valence-corrected chi connectivity index (χ4v) is 2.10. The molecule has 0 saturated heterocycles. The summed E-state index contributed by atoms with van der Waals surface area (Å²) in [5, 5.41) is 2.81. The second-order valence-corrected chi connectivity index (χ2v) is 5.37. The van der Waals surface area contributed by atoms with Gasteiger partial charge in [-0.3, -0.25) is 5.32 Å². The van der Waals surface area contributed by atoms with Crippen molar-refractivity contribution in [2.45, 2.75) is 20.0 Å². The van der Waals surface area contributed by atoms with Crippen LogP contribution >= 0.6 is 11.6 Å². The van der Waals surface area contributed by atoms with Gasteiger partial charge in [-0.25, -0.2) is 4.79 Å². The zero-order valence-corrected chi connectivity index (χ0v) is 13.0. The van der Waals surface area contributed by atoms with Crippen LogP contribution in [0.3, 0.4) is 0 Å². The first-order valence-electron chi connectivity index (χ1n) is 6.59. The molecule has 0 spiro atoms. The third-order valence-electron chi connectivity index (χ3n) is 3.10. The van der Waals surface area contributed by atoms with Crippen LogP contribution in [0.4, 0.5) is 23.7 Å². The Balaban J connectivity index is 2.13. The molecule has 0 atom stereocenters. The van der Waals surface area contributed by atoms with E-state index in [4.69, 9.17) is 16.3 Å². The maximum Gasteiger partial charge on any atom is 0.417 e. The SMILES string of the molecule is Cc1cc(OC(=O)Nc2cccc(C(F)(F)F)c2)c(C)cc1Cl. The molecule has 0 heterocycles. The van der Waals surface area contributed by atoms with E-state index >= 15 is 0 Å². The molecule has 0 fully saturated rings. The van der Waals surface area contributed by atoms with Gasteiger partial charge in [-0.05, 0) is 55.3 Å². The van der Waals surface area contributed by atoms with Crippen molar-refractivity contribution in [2.24, 2.45) is 0 Å². The summed E-state index contributed by atoms with van der Waals surface area (Å²) in [6.45, 7) is 3.46. The zero-order valence-electron chi connectivity index (χ0n) is 12.3. The minimum Gasteiger partial charge on any atom is -0.410 e. The predicted molar refractivity (Wildman–Crippen MR) is 82.0 cm³/mol. The first kappa shape index (κ1) is 17.1. The van der Waals surface area contributed by atoms with E-state index in [1.165, 1.54) is 12.1 Å². The van der Waals surface area contributed by atoms with E-state index in [9.17, 15) is 18.0 Å². The van der Waals surface area contributed by atoms with Crippen molar-refractivity contribution in [2.75, 3.05) is 5.32 Å². The number of benzene rings is 2. The largest absolute Gasteiger partial charge is 0.417 e. The van der Waals surface area contributed by atoms with Crippen molar-refractivity contribution in [3.63, 3.8) is 0 Å². The van der Waals surface area contributed by atoms with Crippen LogP contribution in [0.2, 0.25) is 5.02 Å². The predicted octanol–water partition coefficient (Wildman–Crippen LogP) is 5.59. The molecule has 2 rings (SSSR count). The van der Waals surface area contributed by atoms with E-state index < -0.39 is 17.8 Å². The second kappa shape index (κ2) is 6.50. The van der Waals surface area contributed by atoms with Crippen LogP contribution < -0.4 is 10.1 Å². The molecular weight excluding hydrogens is 331 g/mol. The number of hydrogen-bond donors (Lipinski definition) is 1. The summed E-state index contributed by atoms with van der Waals surface area (Å²) in [5.41, 5.74) is 0.501. The normalized spacial score (nSPS) is 11.2. The quantitative estimate of drug-likeness (QED) is 0.772. The van der Waals surface area contributed by atoms with Crippen LogP contribution in [-0.4, -0.2) is 6.09 Å². The smallest absolute Gasteiger partial charge is 0.410 e. The molecule has 2 aromatic carbocycles. The fourth-order valence-electron chi connectivity index (χ4n) is 1.88. The van der Waals surface area contributed by atoms with E-state index in [1.54, 1.807) is 26.0 Å². The van der Waals surface area contributed by atoms with Crippen molar-refractivity contribution in [1.82, 2.24) is 0 Å². The van der Waals surface area contributed by atoms with Crippen molar-refractivity contribution in [1.29, 1.82) is 0 Å². The number of carbonyl (C=O) groups is 1. The van der Waals surface area contributed by atoms with Gasteiger partial charge >= 0.3 is 12.3 Å². The number of nitrogens with one attached hydrogen (secondary N) is 1. The van der Waals surface area contributed by atoms with Crippen LogP contribution in [0.25, 0.3) is 0 Å². The van der Waals surface area contributed by atoms with Crippen molar-refractivity contribution in [3.8, 4) is 5.75 Å². The Hall–Kier alpha value is -2.21. The number of amides is 1. The molecule has 122 valence electrons. The summed E-state index contributed by atoms with van der Waals surface area (Å²) in [7, 11) is 0. The van der Waals surface area contributed by atoms with Gasteiger partial charge in [-0.15, -0.1) is 0 Å². The third kappa shape index (κ3) is 4.39. The molecule has 0 unspecified atom stereocenters. The monoisotopic (exact) mass is 343 g/mol. The number of hydrogen-bond acceptors (Lipinski definition) is 2. The van der Waals surface area contributed by atoms with Gasteiger partial charge in [0.25, 0.3) is 0 Å². The minimum absolute atomic E-state index is 0.00633. The second-order valence-electron chi connectivity index (χ2n) is 4.96. The number of carbonyl (C=O) groups excluding carboxylic acids is 1. The molecular formula is C16H13ClF3NO2. The summed E-state index contributed by atoms with van der Waals surface area (Å²) in [4.78, 5) is 11.8. The van der Waals surface area contributed by atoms with Gasteiger partial charge in [-0.1, -0.05) is 17.7 Å². The lowest BCUT2D eigenvalue weighted by Crippen LogP contribution is -2.18. The van der Waals surface area contributed by atoms with Crippen molar-refractivity contribution >= 4 is 23.4 Å². The van der Waals surface area contributed by atoms with Crippen LogP contribution in [0.1, 0.15) is 16.7 Å². The van der Waals surface area contributed by atoms with Crippen LogP contribution in [-0.2, 0) is 6.18 Å². The Bertz CT molecular complexity index is 745.